The number of carbonyl (C=O) groups is 18. The van der Waals surface area contributed by atoms with Gasteiger partial charge in [0.05, 0.1) is 55.8 Å². The van der Waals surface area contributed by atoms with Crippen molar-refractivity contribution in [3.8, 4) is 5.75 Å². The maximum atomic E-state index is 15.6. The highest BCUT2D eigenvalue weighted by Gasteiger charge is 2.47. The number of H-pyrrole nitrogens is 3. The normalized spacial score (nSPS) is 25.6. The largest absolute Gasteiger partial charge is 0.508 e. The Bertz CT molecular complexity index is 5200. The molecule has 4 aliphatic heterocycles. The molecule has 15 amide bonds. The number of hydrogen-bond acceptors (Lipinski definition) is 23. The summed E-state index contributed by atoms with van der Waals surface area (Å²) < 4.78 is 0. The lowest BCUT2D eigenvalue weighted by Crippen LogP contribution is -2.61. The second-order valence-electron chi connectivity index (χ2n) is 34.5. The molecule has 7 heterocycles. The molecule has 0 aliphatic carbocycles. The molecule has 0 unspecified atom stereocenters. The van der Waals surface area contributed by atoms with Gasteiger partial charge in [0.15, 0.2) is 11.6 Å². The number of nitrogens with two attached hydrogens (primary N) is 2. The van der Waals surface area contributed by atoms with Gasteiger partial charge in [-0.2, -0.15) is 11.8 Å². The number of nitrogens with one attached hydrogen (secondary N) is 11. The van der Waals surface area contributed by atoms with E-state index >= 15 is 38.4 Å². The smallest absolute Gasteiger partial charge is 0.305 e. The third-order valence-corrected chi connectivity index (χ3v) is 25.9. The van der Waals surface area contributed by atoms with Crippen LogP contribution >= 0.6 is 11.8 Å². The predicted octanol–water partition coefficient (Wildman–Crippen LogP) is -0.638. The van der Waals surface area contributed by atoms with Crippen molar-refractivity contribution in [2.45, 2.75) is 234 Å². The minimum atomic E-state index is -1.90. The van der Waals surface area contributed by atoms with Gasteiger partial charge >= 0.3 is 5.97 Å². The number of imidazole rings is 1. The van der Waals surface area contributed by atoms with Crippen LogP contribution in [0, 0.1) is 11.8 Å². The van der Waals surface area contributed by atoms with E-state index < -0.39 is 261 Å². The number of aromatic amines is 3. The Morgan fingerprint density at radius 2 is 1.11 bits per heavy atom. The summed E-state index contributed by atoms with van der Waals surface area (Å²) in [6.45, 7) is 2.50. The van der Waals surface area contributed by atoms with E-state index in [-0.39, 0.29) is 88.1 Å². The van der Waals surface area contributed by atoms with Gasteiger partial charge in [-0.05, 0) is 99.2 Å². The van der Waals surface area contributed by atoms with Crippen molar-refractivity contribution in [2.24, 2.45) is 23.3 Å². The number of phenolic OH excluding ortho intramolecular Hbond substituents is 1. The van der Waals surface area contributed by atoms with Crippen LogP contribution in [-0.4, -0.2) is 308 Å². The number of aliphatic hydroxyl groups excluding tert-OH is 2. The summed E-state index contributed by atoms with van der Waals surface area (Å²) in [6.07, 6.45) is 2.03. The first kappa shape index (κ1) is 102. The second-order valence-corrected chi connectivity index (χ2v) is 35.5. The maximum absolute atomic E-state index is 15.6. The minimum Gasteiger partial charge on any atom is -0.508 e. The summed E-state index contributed by atoms with van der Waals surface area (Å²) in [5, 5.41) is 65.6. The number of thioether (sulfide) groups is 1. The van der Waals surface area contributed by atoms with Crippen molar-refractivity contribution < 1.29 is 107 Å². The number of nitrogens with zero attached hydrogens (tertiary/aromatic N) is 6. The monoisotopic (exact) mass is 1860 g/mol. The Kier molecular flexibility index (Phi) is 37.1. The van der Waals surface area contributed by atoms with Gasteiger partial charge in [-0.25, -0.2) is 4.98 Å². The molecule has 0 spiro atoms. The van der Waals surface area contributed by atoms with Crippen LogP contribution in [0.15, 0.2) is 97.7 Å². The SMILES string of the molecule is CCCC[C@H]1C(=O)N(C)[C@@H](CCCC)C(=O)N[C@@H](C)C(=O)C[C@H](C(=O)NCC(N)=O)CSCC(=O)N[C@@H](Cc2ccc(O)cc2)C(=O)N2CCCC[C@H]2C(=O)N[C@@H](CC(=O)O)C(=O)N2CCC[C@H]2C(=O)N[C@@H](Cc2cnc[nH]2)C(=O)C[C@@H](CCC(N)=O)C(=O)N2C[C@H](O)C[C@H]2C(=O)N[C@@H](Cc2c[nH]c3ccccc23)C(=O)N[C@@H](CO)C(=O)N[C@@H](Cc2c[nH]c3ccccc23)C(=O)N1C. The Morgan fingerprint density at radius 1 is 0.549 bits per heavy atom. The molecule has 10 rings (SSSR count). The van der Waals surface area contributed by atoms with Crippen LogP contribution in [0.1, 0.15) is 152 Å². The lowest BCUT2D eigenvalue weighted by molar-refractivity contribution is -0.149. The van der Waals surface area contributed by atoms with Crippen molar-refractivity contribution in [2.75, 3.05) is 58.4 Å². The summed E-state index contributed by atoms with van der Waals surface area (Å²) >= 11 is 0.847. The fourth-order valence-electron chi connectivity index (χ4n) is 17.5. The second kappa shape index (κ2) is 48.3. The number of primary amides is 2. The fraction of sp³-hybridized carbons (Fsp3) is 0.527. The van der Waals surface area contributed by atoms with Crippen molar-refractivity contribution in [1.29, 1.82) is 0 Å². The summed E-state index contributed by atoms with van der Waals surface area (Å²) in [5.41, 5.74) is 14.0. The van der Waals surface area contributed by atoms with Crippen LogP contribution in [0.4, 0.5) is 0 Å². The molecule has 6 aromatic rings. The van der Waals surface area contributed by atoms with E-state index in [1.807, 2.05) is 13.8 Å². The van der Waals surface area contributed by atoms with E-state index in [0.29, 0.717) is 77.0 Å². The molecule has 0 radical (unpaired) electrons. The first-order valence-electron chi connectivity index (χ1n) is 45.0. The molecule has 4 fully saturated rings. The van der Waals surface area contributed by atoms with Gasteiger partial charge in [0.1, 0.15) is 66.2 Å². The molecule has 3 aromatic carbocycles. The predicted molar refractivity (Wildman–Crippen MR) is 483 cm³/mol. The molecule has 4 saturated heterocycles. The molecule has 4 aliphatic rings. The number of benzene rings is 3. The maximum Gasteiger partial charge on any atom is 0.305 e. The Balaban J connectivity index is 1.01. The average molecular weight is 1870 g/mol. The third-order valence-electron chi connectivity index (χ3n) is 24.8. The van der Waals surface area contributed by atoms with Gasteiger partial charge in [0.25, 0.3) is 0 Å². The van der Waals surface area contributed by atoms with E-state index in [0.717, 1.165) is 26.5 Å². The number of unbranched alkanes of at least 4 members (excludes halogenated alkanes) is 2. The number of aromatic nitrogens is 4. The van der Waals surface area contributed by atoms with E-state index in [1.54, 1.807) is 60.9 Å². The number of carboxylic acid groups (broad SMARTS) is 1. The number of rotatable bonds is 23. The standard InChI is InChI=1S/C91H121N19O22S/c1-6-8-21-69-83(124)99-50(3)74(114)37-55(80(121)97-44-77(93)117)47-133-48-78(118)100-65(33-51-25-28-57(112)29-26-51)89(130)108-31-15-14-23-70(108)85(126)104-67(40-79(119)120)90(131)109-32-16-24-71(109)84(125)101-63(38-56-43-94-49-98-56)75(115)36-52(27-30-76(92)116)87(128)110-45-58(113)39-73(110)86(127)102-64(34-53-41-95-61-19-12-10-17-59(53)61)81(122)105-68(46-111)82(123)103-66(35-54-42-96-62-20-13-11-18-60(54)62)88(129)107(5)72(22-9-7-2)91(132)106(69)4/h10-13,17-20,25-26,28-29,41-43,49-50,52,55,58,63-73,95-96,111-113H,6-9,14-16,21-24,27,30-40,44-48H2,1-5H3,(H2,92,116)(H2,93,117)(H,94,98)(H,97,121)(H,99,124)(H,100,118)(H,101,125)(H,102,127)(H,103,123)(H,104,126)(H,105,122)(H,119,120)/t50-,52+,55-,58+,63-,64-,65-,66-,67-,68-,69-,70-,71-,72-,73-/m0/s1. The number of carboxylic acids is 1. The van der Waals surface area contributed by atoms with Crippen LogP contribution in [0.5, 0.6) is 5.75 Å². The van der Waals surface area contributed by atoms with E-state index in [4.69, 9.17) is 11.5 Å². The van der Waals surface area contributed by atoms with Crippen molar-refractivity contribution in [3.63, 3.8) is 0 Å². The molecule has 718 valence electrons. The molecule has 19 N–H and O–H groups in total. The first-order chi connectivity index (χ1) is 63.6. The Hall–Kier alpha value is -13.1. The van der Waals surface area contributed by atoms with Gasteiger partial charge in [0.2, 0.25) is 88.6 Å². The summed E-state index contributed by atoms with van der Waals surface area (Å²) in [4.78, 5) is 281. The molecule has 15 atom stereocenters. The first-order valence-corrected chi connectivity index (χ1v) is 46.1. The van der Waals surface area contributed by atoms with Gasteiger partial charge in [-0.15, -0.1) is 0 Å². The lowest BCUT2D eigenvalue weighted by Gasteiger charge is -2.38. The molecular weight excluding hydrogens is 1740 g/mol. The van der Waals surface area contributed by atoms with Crippen LogP contribution < -0.4 is 54.0 Å². The average Bonchev–Trinajstić information content (AvgIpc) is 1.64. The number of aromatic hydroxyl groups is 1. The summed E-state index contributed by atoms with van der Waals surface area (Å²) in [6, 6.07) is 1.11. The number of Topliss-reactive ketones (excluding diaryl/α,β-unsaturated/α-hetero) is 2. The minimum absolute atomic E-state index is 0.0152. The number of aliphatic carboxylic acids is 1. The molecule has 41 nitrogen and oxygen atoms in total. The number of amides is 15. The number of fused-ring (bicyclic) bond motifs is 5. The Morgan fingerprint density at radius 3 is 1.71 bits per heavy atom. The van der Waals surface area contributed by atoms with Crippen LogP contribution in [-0.2, 0) is 112 Å². The highest BCUT2D eigenvalue weighted by atomic mass is 32.2. The summed E-state index contributed by atoms with van der Waals surface area (Å²) in [5.74, 6) is -20.6. The van der Waals surface area contributed by atoms with Crippen molar-refractivity contribution in [3.05, 3.63) is 120 Å². The molecule has 42 heteroatoms. The Labute approximate surface area is 771 Å². The van der Waals surface area contributed by atoms with Gasteiger partial charge in [-0.1, -0.05) is 88.1 Å². The lowest BCUT2D eigenvalue weighted by atomic mass is 9.91. The summed E-state index contributed by atoms with van der Waals surface area (Å²) in [7, 11) is 2.71. The zero-order chi connectivity index (χ0) is 96.4. The quantitative estimate of drug-likeness (QED) is 0.0379. The number of carbonyl (C=O) groups excluding carboxylic acids is 17. The number of hydrogen-bond donors (Lipinski definition) is 17. The fourth-order valence-corrected chi connectivity index (χ4v) is 18.4. The molecule has 133 heavy (non-hydrogen) atoms. The van der Waals surface area contributed by atoms with Gasteiger partial charge in [0, 0.05) is 143 Å². The van der Waals surface area contributed by atoms with Gasteiger partial charge in [-0.3, -0.25) is 86.3 Å². The third kappa shape index (κ3) is 27.5. The molecular formula is C91H121N19O22S. The number of aliphatic hydroxyl groups is 2. The van der Waals surface area contributed by atoms with Crippen LogP contribution in [0.3, 0.4) is 0 Å². The van der Waals surface area contributed by atoms with Crippen molar-refractivity contribution in [1.82, 2.24) is 87.0 Å². The van der Waals surface area contributed by atoms with E-state index in [1.165, 1.54) is 67.6 Å². The van der Waals surface area contributed by atoms with Crippen LogP contribution in [0.25, 0.3) is 21.8 Å². The zero-order valence-corrected chi connectivity index (χ0v) is 75.9. The molecule has 0 bridgehead atoms. The highest BCUT2D eigenvalue weighted by Crippen LogP contribution is 2.31. The number of ketones is 2. The molecule has 3 aromatic heterocycles. The number of para-hydroxylation sites is 2. The van der Waals surface area contributed by atoms with E-state index in [2.05, 4.69) is 62.5 Å². The molecule has 0 saturated carbocycles. The topological polar surface area (TPSA) is 613 Å². The van der Waals surface area contributed by atoms with Crippen LogP contribution in [0.2, 0.25) is 0 Å². The zero-order valence-electron chi connectivity index (χ0n) is 75.1. The highest BCUT2D eigenvalue weighted by molar-refractivity contribution is 7.99. The number of phenols is 1. The number of piperidine rings is 1. The van der Waals surface area contributed by atoms with Crippen molar-refractivity contribution >= 4 is 140 Å². The van der Waals surface area contributed by atoms with Gasteiger partial charge < -0.3 is 114 Å². The van der Waals surface area contributed by atoms with E-state index in [9.17, 15) is 68.4 Å². The number of likely N-dealkylation sites (N-methyl/N-ethyl adjacent to an activating group) is 2.